The minimum Gasteiger partial charge on any atom is -0.544 e. The molecule has 60 heavy (non-hydrogen) atoms. The van der Waals surface area contributed by atoms with Gasteiger partial charge in [-0.15, -0.1) is 0 Å². The van der Waals surface area contributed by atoms with Crippen LogP contribution in [0.4, 0.5) is 0 Å². The molecule has 0 saturated heterocycles. The minimum atomic E-state index is -1.13. The van der Waals surface area contributed by atoms with Gasteiger partial charge in [-0.25, -0.2) is 0 Å². The summed E-state index contributed by atoms with van der Waals surface area (Å²) in [6.45, 7) is 4.66. The van der Waals surface area contributed by atoms with Gasteiger partial charge in [0, 0.05) is 19.3 Å². The fourth-order valence-corrected chi connectivity index (χ4v) is 7.59. The fraction of sp³-hybridized carbons (Fsp3) is 0.865. The predicted molar refractivity (Wildman–Crippen MR) is 250 cm³/mol. The number of hydrogen-bond acceptors (Lipinski definition) is 7. The number of carbonyl (C=O) groups is 3. The van der Waals surface area contributed by atoms with Gasteiger partial charge >= 0.3 is 11.9 Å². The number of nitrogens with zero attached hydrogens (tertiary/aromatic N) is 1. The molecule has 0 aliphatic carbocycles. The van der Waals surface area contributed by atoms with Crippen molar-refractivity contribution in [3.8, 4) is 0 Å². The first-order chi connectivity index (χ1) is 29.1. The van der Waals surface area contributed by atoms with Crippen LogP contribution >= 0.6 is 0 Å². The molecule has 0 fully saturated rings. The standard InChI is InChI=1S/C52H97NO7/c1-6-8-10-12-14-16-18-20-21-22-23-24-25-26-27-28-29-31-33-35-37-39-41-43-51(55)60-48(46-58-45-44-49(52(56)57)53(3,4)5)47-59-50(54)42-40-38-36-34-32-30-19-17-15-13-11-9-7-2/h26-27,30,32,48-49H,6-25,28-29,31,33-47H2,1-5H3/b27-26+,32-30+. The maximum Gasteiger partial charge on any atom is 0.306 e. The van der Waals surface area contributed by atoms with Gasteiger partial charge < -0.3 is 28.6 Å². The molecule has 0 spiro atoms. The van der Waals surface area contributed by atoms with Crippen molar-refractivity contribution in [3.63, 3.8) is 0 Å². The second kappa shape index (κ2) is 43.5. The SMILES string of the molecule is CCCCCCCC/C=C/CCCCCC(=O)OCC(COCCC(C(=O)[O-])[N+](C)(C)C)OC(=O)CCCCCCCCC/C=C/CCCCCCCCCCCCCC. The molecular weight excluding hydrogens is 751 g/mol. The fourth-order valence-electron chi connectivity index (χ4n) is 7.59. The van der Waals surface area contributed by atoms with Crippen molar-refractivity contribution < 1.29 is 38.2 Å². The number of esters is 2. The van der Waals surface area contributed by atoms with Gasteiger partial charge in [0.2, 0.25) is 0 Å². The van der Waals surface area contributed by atoms with Crippen molar-refractivity contribution in [2.24, 2.45) is 0 Å². The van der Waals surface area contributed by atoms with Crippen molar-refractivity contribution in [1.82, 2.24) is 0 Å². The summed E-state index contributed by atoms with van der Waals surface area (Å²) in [7, 11) is 5.41. The number of allylic oxidation sites excluding steroid dienone is 4. The van der Waals surface area contributed by atoms with Gasteiger partial charge in [0.05, 0.1) is 40.3 Å². The second-order valence-corrected chi connectivity index (χ2v) is 18.4. The Morgan fingerprint density at radius 1 is 0.483 bits per heavy atom. The Labute approximate surface area is 371 Å². The van der Waals surface area contributed by atoms with Crippen LogP contribution in [0.3, 0.4) is 0 Å². The largest absolute Gasteiger partial charge is 0.544 e. The number of carbonyl (C=O) groups excluding carboxylic acids is 3. The van der Waals surface area contributed by atoms with Crippen LogP contribution in [0.25, 0.3) is 0 Å². The number of ether oxygens (including phenoxy) is 3. The van der Waals surface area contributed by atoms with Crippen LogP contribution in [-0.4, -0.2) is 75.5 Å². The molecule has 2 atom stereocenters. The van der Waals surface area contributed by atoms with Gasteiger partial charge in [0.1, 0.15) is 12.6 Å². The molecule has 0 aliphatic rings. The molecule has 8 nitrogen and oxygen atoms in total. The van der Waals surface area contributed by atoms with E-state index < -0.39 is 18.1 Å². The monoisotopic (exact) mass is 848 g/mol. The third-order valence-electron chi connectivity index (χ3n) is 11.6. The number of likely N-dealkylation sites (N-methyl/N-ethyl adjacent to an activating group) is 1. The van der Waals surface area contributed by atoms with Gasteiger partial charge in [0.15, 0.2) is 6.10 Å². The van der Waals surface area contributed by atoms with Crippen LogP contribution in [0.15, 0.2) is 24.3 Å². The van der Waals surface area contributed by atoms with Gasteiger partial charge in [-0.2, -0.15) is 0 Å². The van der Waals surface area contributed by atoms with E-state index in [2.05, 4.69) is 38.2 Å². The lowest BCUT2D eigenvalue weighted by Crippen LogP contribution is -2.55. The smallest absolute Gasteiger partial charge is 0.306 e. The van der Waals surface area contributed by atoms with E-state index in [1.165, 1.54) is 154 Å². The summed E-state index contributed by atoms with van der Waals surface area (Å²) in [4.78, 5) is 36.9. The van der Waals surface area contributed by atoms with Crippen LogP contribution in [0.2, 0.25) is 0 Å². The molecule has 0 rings (SSSR count). The molecule has 0 N–H and O–H groups in total. The molecule has 0 aliphatic heterocycles. The van der Waals surface area contributed by atoms with Gasteiger partial charge in [-0.3, -0.25) is 9.59 Å². The molecule has 0 radical (unpaired) electrons. The number of carboxylic acid groups (broad SMARTS) is 1. The van der Waals surface area contributed by atoms with E-state index in [4.69, 9.17) is 14.2 Å². The van der Waals surface area contributed by atoms with E-state index in [1.807, 2.05) is 0 Å². The van der Waals surface area contributed by atoms with Crippen molar-refractivity contribution in [2.45, 2.75) is 251 Å². The summed E-state index contributed by atoms with van der Waals surface area (Å²) in [6, 6.07) is -0.727. The van der Waals surface area contributed by atoms with Crippen molar-refractivity contribution in [2.75, 3.05) is 41.0 Å². The number of unbranched alkanes of at least 4 members (excludes halogenated alkanes) is 28. The van der Waals surface area contributed by atoms with E-state index in [9.17, 15) is 19.5 Å². The first kappa shape index (κ1) is 57.8. The lowest BCUT2D eigenvalue weighted by atomic mass is 10.0. The summed E-state index contributed by atoms with van der Waals surface area (Å²) >= 11 is 0. The summed E-state index contributed by atoms with van der Waals surface area (Å²) < 4.78 is 17.2. The molecule has 0 saturated carbocycles. The molecule has 2 unspecified atom stereocenters. The first-order valence-electron chi connectivity index (χ1n) is 25.4. The quantitative estimate of drug-likeness (QED) is 0.0260. The van der Waals surface area contributed by atoms with Crippen LogP contribution in [0.5, 0.6) is 0 Å². The number of quaternary nitrogens is 1. The Kier molecular flexibility index (Phi) is 41.9. The van der Waals surface area contributed by atoms with E-state index >= 15 is 0 Å². The number of carboxylic acids is 1. The van der Waals surface area contributed by atoms with E-state index in [-0.39, 0.29) is 42.7 Å². The third-order valence-corrected chi connectivity index (χ3v) is 11.6. The normalized spacial score (nSPS) is 13.0. The van der Waals surface area contributed by atoms with Crippen LogP contribution in [0.1, 0.15) is 239 Å². The minimum absolute atomic E-state index is 0.0373. The Morgan fingerprint density at radius 2 is 0.833 bits per heavy atom. The molecule has 0 aromatic heterocycles. The molecule has 352 valence electrons. The van der Waals surface area contributed by atoms with Gasteiger partial charge in [0.25, 0.3) is 0 Å². The first-order valence-corrected chi connectivity index (χ1v) is 25.4. The molecule has 0 amide bonds. The van der Waals surface area contributed by atoms with Crippen LogP contribution in [-0.2, 0) is 28.6 Å². The third kappa shape index (κ3) is 41.2. The van der Waals surface area contributed by atoms with Crippen molar-refractivity contribution in [1.29, 1.82) is 0 Å². The molecule has 0 heterocycles. The molecule has 0 aromatic carbocycles. The molecule has 0 bridgehead atoms. The number of aliphatic carboxylic acids is 1. The maximum absolute atomic E-state index is 12.8. The Balaban J connectivity index is 4.21. The summed E-state index contributed by atoms with van der Waals surface area (Å²) in [6.07, 6.45) is 49.3. The van der Waals surface area contributed by atoms with Gasteiger partial charge in [-0.05, 0) is 64.2 Å². The highest BCUT2D eigenvalue weighted by Crippen LogP contribution is 2.15. The summed E-state index contributed by atoms with van der Waals surface area (Å²) in [5.41, 5.74) is 0. The molecule has 8 heteroatoms. The van der Waals surface area contributed by atoms with Crippen molar-refractivity contribution >= 4 is 17.9 Å². The molecular formula is C52H97NO7. The number of rotatable bonds is 46. The second-order valence-electron chi connectivity index (χ2n) is 18.4. The lowest BCUT2D eigenvalue weighted by Gasteiger charge is -2.34. The Morgan fingerprint density at radius 3 is 1.22 bits per heavy atom. The zero-order chi connectivity index (χ0) is 44.2. The zero-order valence-corrected chi connectivity index (χ0v) is 40.1. The van der Waals surface area contributed by atoms with E-state index in [0.717, 1.165) is 51.4 Å². The highest BCUT2D eigenvalue weighted by molar-refractivity contribution is 5.70. The highest BCUT2D eigenvalue weighted by atomic mass is 16.6. The average Bonchev–Trinajstić information content (AvgIpc) is 3.21. The van der Waals surface area contributed by atoms with Crippen LogP contribution in [0, 0.1) is 0 Å². The van der Waals surface area contributed by atoms with E-state index in [0.29, 0.717) is 12.8 Å². The topological polar surface area (TPSA) is 102 Å². The summed E-state index contributed by atoms with van der Waals surface area (Å²) in [5, 5.41) is 11.6. The molecule has 0 aromatic rings. The Hall–Kier alpha value is -2.19. The van der Waals surface area contributed by atoms with Gasteiger partial charge in [-0.1, -0.05) is 179 Å². The maximum atomic E-state index is 12.8. The Bertz CT molecular complexity index is 1040. The lowest BCUT2D eigenvalue weighted by molar-refractivity contribution is -0.889. The zero-order valence-electron chi connectivity index (χ0n) is 40.1. The highest BCUT2D eigenvalue weighted by Gasteiger charge is 2.25. The predicted octanol–water partition coefficient (Wildman–Crippen LogP) is 13.1. The van der Waals surface area contributed by atoms with E-state index in [1.54, 1.807) is 21.1 Å². The number of hydrogen-bond donors (Lipinski definition) is 0. The average molecular weight is 848 g/mol. The summed E-state index contributed by atoms with van der Waals surface area (Å²) in [5.74, 6) is -1.75. The van der Waals surface area contributed by atoms with Crippen molar-refractivity contribution in [3.05, 3.63) is 24.3 Å². The van der Waals surface area contributed by atoms with Crippen LogP contribution < -0.4 is 5.11 Å².